The number of aryl methyl sites for hydroxylation is 1. The van der Waals surface area contributed by atoms with Gasteiger partial charge in [0.05, 0.1) is 22.7 Å². The number of aromatic amines is 1. The third-order valence-corrected chi connectivity index (χ3v) is 4.08. The molecule has 0 saturated carbocycles. The van der Waals surface area contributed by atoms with Crippen molar-refractivity contribution in [1.29, 1.82) is 5.26 Å². The van der Waals surface area contributed by atoms with Crippen LogP contribution in [0.3, 0.4) is 0 Å². The fourth-order valence-corrected chi connectivity index (χ4v) is 2.79. The largest absolute Gasteiger partial charge is 0.504 e. The molecule has 0 atom stereocenters. The van der Waals surface area contributed by atoms with Crippen molar-refractivity contribution in [1.82, 2.24) is 24.7 Å². The van der Waals surface area contributed by atoms with Crippen molar-refractivity contribution >= 4 is 22.6 Å². The highest BCUT2D eigenvalue weighted by molar-refractivity contribution is 6.29. The van der Waals surface area contributed by atoms with E-state index in [1.807, 2.05) is 0 Å². The number of hydrogen-bond donors (Lipinski definition) is 2. The molecule has 0 aliphatic heterocycles. The predicted octanol–water partition coefficient (Wildman–Crippen LogP) is 3.26. The van der Waals surface area contributed by atoms with Crippen molar-refractivity contribution in [2.24, 2.45) is 7.05 Å². The van der Waals surface area contributed by atoms with Crippen molar-refractivity contribution in [3.8, 4) is 34.6 Å². The van der Waals surface area contributed by atoms with Crippen LogP contribution in [-0.4, -0.2) is 29.8 Å². The first-order valence-corrected chi connectivity index (χ1v) is 7.72. The topological polar surface area (TPSA) is 103 Å². The molecule has 0 unspecified atom stereocenters. The van der Waals surface area contributed by atoms with Crippen LogP contribution in [0.2, 0.25) is 5.15 Å². The lowest BCUT2D eigenvalue weighted by Crippen LogP contribution is -1.95. The lowest BCUT2D eigenvalue weighted by Gasteiger charge is -1.98. The summed E-state index contributed by atoms with van der Waals surface area (Å²) < 4.78 is 1.54. The monoisotopic (exact) mass is 350 g/mol. The second-order valence-electron chi connectivity index (χ2n) is 5.47. The van der Waals surface area contributed by atoms with Gasteiger partial charge in [0.15, 0.2) is 11.6 Å². The molecule has 1 aromatic carbocycles. The fraction of sp³-hybridized carbons (Fsp3) is 0.0588. The second-order valence-corrected chi connectivity index (χ2v) is 5.86. The third-order valence-electron chi connectivity index (χ3n) is 3.86. The zero-order valence-electron chi connectivity index (χ0n) is 13.0. The molecule has 7 nitrogen and oxygen atoms in total. The van der Waals surface area contributed by atoms with E-state index in [9.17, 15) is 5.11 Å². The van der Waals surface area contributed by atoms with Crippen LogP contribution in [0.15, 0.2) is 36.5 Å². The summed E-state index contributed by atoms with van der Waals surface area (Å²) in [6, 6.07) is 10.6. The highest BCUT2D eigenvalue weighted by Gasteiger charge is 2.21. The Kier molecular flexibility index (Phi) is 3.41. The van der Waals surface area contributed by atoms with Crippen molar-refractivity contribution in [2.75, 3.05) is 0 Å². The van der Waals surface area contributed by atoms with Crippen molar-refractivity contribution < 1.29 is 5.11 Å². The molecule has 0 bridgehead atoms. The number of rotatable bonds is 2. The Bertz CT molecular complexity index is 1140. The lowest BCUT2D eigenvalue weighted by atomic mass is 10.2. The summed E-state index contributed by atoms with van der Waals surface area (Å²) >= 11 is 5.80. The minimum Gasteiger partial charge on any atom is -0.504 e. The van der Waals surface area contributed by atoms with Gasteiger partial charge in [-0.25, -0.2) is 9.97 Å². The van der Waals surface area contributed by atoms with Crippen LogP contribution in [0.5, 0.6) is 5.75 Å². The van der Waals surface area contributed by atoms with E-state index < -0.39 is 0 Å². The van der Waals surface area contributed by atoms with Crippen LogP contribution in [0, 0.1) is 11.3 Å². The number of imidazole rings is 1. The molecule has 3 aromatic heterocycles. The SMILES string of the molecule is Cn1nc(-c2ccc(Cl)nc2)c(O)c1-c1nc2cc(C#N)ccc2[nH]1. The Morgan fingerprint density at radius 1 is 1.28 bits per heavy atom. The van der Waals surface area contributed by atoms with E-state index in [4.69, 9.17) is 16.9 Å². The van der Waals surface area contributed by atoms with E-state index in [2.05, 4.69) is 26.1 Å². The summed E-state index contributed by atoms with van der Waals surface area (Å²) in [4.78, 5) is 11.6. The maximum atomic E-state index is 10.7. The summed E-state index contributed by atoms with van der Waals surface area (Å²) in [6.07, 6.45) is 1.55. The van der Waals surface area contributed by atoms with E-state index in [0.717, 1.165) is 5.52 Å². The number of benzene rings is 1. The number of fused-ring (bicyclic) bond motifs is 1. The molecule has 0 aliphatic rings. The molecule has 0 amide bonds. The summed E-state index contributed by atoms with van der Waals surface area (Å²) in [5.41, 5.74) is 3.41. The maximum absolute atomic E-state index is 10.7. The summed E-state index contributed by atoms with van der Waals surface area (Å²) in [6.45, 7) is 0. The normalized spacial score (nSPS) is 10.9. The Morgan fingerprint density at radius 3 is 2.84 bits per heavy atom. The molecule has 122 valence electrons. The highest BCUT2D eigenvalue weighted by Crippen LogP contribution is 2.36. The number of nitrogens with zero attached hydrogens (tertiary/aromatic N) is 5. The smallest absolute Gasteiger partial charge is 0.173 e. The number of nitrogens with one attached hydrogen (secondary N) is 1. The third kappa shape index (κ3) is 2.49. The molecule has 0 saturated heterocycles. The number of nitriles is 1. The molecule has 2 N–H and O–H groups in total. The Hall–Kier alpha value is -3.37. The molecule has 0 radical (unpaired) electrons. The first-order valence-electron chi connectivity index (χ1n) is 7.35. The number of aromatic nitrogens is 5. The zero-order chi connectivity index (χ0) is 17.6. The predicted molar refractivity (Wildman–Crippen MR) is 92.9 cm³/mol. The molecule has 4 aromatic rings. The quantitative estimate of drug-likeness (QED) is 0.540. The molecule has 0 fully saturated rings. The van der Waals surface area contributed by atoms with Gasteiger partial charge in [0.2, 0.25) is 0 Å². The van der Waals surface area contributed by atoms with Gasteiger partial charge in [-0.15, -0.1) is 0 Å². The van der Waals surface area contributed by atoms with E-state index in [1.165, 1.54) is 0 Å². The van der Waals surface area contributed by atoms with Crippen LogP contribution in [-0.2, 0) is 7.05 Å². The first kappa shape index (κ1) is 15.2. The van der Waals surface area contributed by atoms with Gasteiger partial charge in [-0.3, -0.25) is 4.68 Å². The van der Waals surface area contributed by atoms with Gasteiger partial charge < -0.3 is 10.1 Å². The summed E-state index contributed by atoms with van der Waals surface area (Å²) in [5, 5.41) is 24.4. The minimum atomic E-state index is -0.00816. The van der Waals surface area contributed by atoms with E-state index in [1.54, 1.807) is 48.3 Å². The van der Waals surface area contributed by atoms with Crippen LogP contribution in [0.4, 0.5) is 0 Å². The molecule has 3 heterocycles. The Balaban J connectivity index is 1.86. The van der Waals surface area contributed by atoms with E-state index in [0.29, 0.717) is 39.0 Å². The standard InChI is InChI=1S/C17H11ClN6O/c1-24-15(16(25)14(23-24)10-3-5-13(18)20-8-10)17-21-11-4-2-9(7-19)6-12(11)22-17/h2-6,8,25H,1H3,(H,21,22). The minimum absolute atomic E-state index is 0.00816. The van der Waals surface area contributed by atoms with Crippen LogP contribution < -0.4 is 0 Å². The molecular formula is C17H11ClN6O. The van der Waals surface area contributed by atoms with Crippen molar-refractivity contribution in [3.63, 3.8) is 0 Å². The molecule has 25 heavy (non-hydrogen) atoms. The van der Waals surface area contributed by atoms with Gasteiger partial charge >= 0.3 is 0 Å². The number of pyridine rings is 1. The molecule has 8 heteroatoms. The molecule has 0 aliphatic carbocycles. The number of hydrogen-bond acceptors (Lipinski definition) is 5. The van der Waals surface area contributed by atoms with Crippen molar-refractivity contribution in [2.45, 2.75) is 0 Å². The highest BCUT2D eigenvalue weighted by atomic mass is 35.5. The number of aromatic hydroxyl groups is 1. The fourth-order valence-electron chi connectivity index (χ4n) is 2.68. The zero-order valence-corrected chi connectivity index (χ0v) is 13.8. The number of H-pyrrole nitrogens is 1. The lowest BCUT2D eigenvalue weighted by molar-refractivity contribution is 0.478. The maximum Gasteiger partial charge on any atom is 0.173 e. The summed E-state index contributed by atoms with van der Waals surface area (Å²) in [7, 11) is 1.72. The van der Waals surface area contributed by atoms with Gasteiger partial charge in [0.1, 0.15) is 16.5 Å². The van der Waals surface area contributed by atoms with Crippen molar-refractivity contribution in [3.05, 3.63) is 47.2 Å². The van der Waals surface area contributed by atoms with Gasteiger partial charge in [-0.2, -0.15) is 10.4 Å². The second kappa shape index (κ2) is 5.61. The number of halogens is 1. The van der Waals surface area contributed by atoms with Crippen LogP contribution in [0.1, 0.15) is 5.56 Å². The van der Waals surface area contributed by atoms with Gasteiger partial charge in [0.25, 0.3) is 0 Å². The molecule has 0 spiro atoms. The van der Waals surface area contributed by atoms with E-state index >= 15 is 0 Å². The first-order chi connectivity index (χ1) is 12.1. The average molecular weight is 351 g/mol. The Labute approximate surface area is 147 Å². The molecule has 4 rings (SSSR count). The van der Waals surface area contributed by atoms with Gasteiger partial charge in [-0.05, 0) is 30.3 Å². The van der Waals surface area contributed by atoms with Gasteiger partial charge in [-0.1, -0.05) is 11.6 Å². The van der Waals surface area contributed by atoms with Crippen LogP contribution in [0.25, 0.3) is 33.8 Å². The van der Waals surface area contributed by atoms with E-state index in [-0.39, 0.29) is 5.75 Å². The summed E-state index contributed by atoms with van der Waals surface area (Å²) in [5.74, 6) is 0.456. The van der Waals surface area contributed by atoms with Gasteiger partial charge in [0, 0.05) is 18.8 Å². The van der Waals surface area contributed by atoms with Crippen LogP contribution >= 0.6 is 11.6 Å². The average Bonchev–Trinajstić information content (AvgIpc) is 3.15. The molecular weight excluding hydrogens is 340 g/mol. The Morgan fingerprint density at radius 2 is 2.12 bits per heavy atom.